The maximum atomic E-state index is 5.17. The van der Waals surface area contributed by atoms with E-state index in [0.717, 1.165) is 56.7 Å². The van der Waals surface area contributed by atoms with Gasteiger partial charge >= 0.3 is 0 Å². The summed E-state index contributed by atoms with van der Waals surface area (Å²) in [5, 5.41) is 7.63. The first kappa shape index (κ1) is 23.5. The van der Waals surface area contributed by atoms with Crippen LogP contribution in [0.5, 0.6) is 0 Å². The number of guanidine groups is 1. The van der Waals surface area contributed by atoms with E-state index < -0.39 is 0 Å². The standard InChI is InChI=1S/C21H32N6O.HI/c1-16-12-20(25(4)5)7-6-18(16)14-23-21(22-3)27-10-8-26(9-11-27)15-19-13-17(2)28-24-19;/h6-7,12-13H,8-11,14-15H2,1-5H3,(H,22,23);1H. The predicted molar refractivity (Wildman–Crippen MR) is 129 cm³/mol. The van der Waals surface area contributed by atoms with Crippen LogP contribution in [0.1, 0.15) is 22.6 Å². The van der Waals surface area contributed by atoms with Crippen molar-refractivity contribution in [3.63, 3.8) is 0 Å². The number of nitrogens with one attached hydrogen (secondary N) is 1. The Balaban J connectivity index is 0.00000300. The summed E-state index contributed by atoms with van der Waals surface area (Å²) < 4.78 is 5.17. The van der Waals surface area contributed by atoms with E-state index in [-0.39, 0.29) is 24.0 Å². The van der Waals surface area contributed by atoms with Crippen molar-refractivity contribution in [1.29, 1.82) is 0 Å². The fourth-order valence-corrected chi connectivity index (χ4v) is 3.50. The zero-order chi connectivity index (χ0) is 20.1. The molecule has 8 heteroatoms. The average Bonchev–Trinajstić information content (AvgIpc) is 3.09. The topological polar surface area (TPSA) is 60.1 Å². The van der Waals surface area contributed by atoms with Crippen LogP contribution in [0.25, 0.3) is 0 Å². The van der Waals surface area contributed by atoms with Crippen molar-refractivity contribution in [1.82, 2.24) is 20.3 Å². The summed E-state index contributed by atoms with van der Waals surface area (Å²) in [6, 6.07) is 8.60. The van der Waals surface area contributed by atoms with Gasteiger partial charge in [-0.2, -0.15) is 0 Å². The summed E-state index contributed by atoms with van der Waals surface area (Å²) in [6.07, 6.45) is 0. The minimum atomic E-state index is 0. The van der Waals surface area contributed by atoms with Gasteiger partial charge in [-0.25, -0.2) is 0 Å². The molecule has 0 bridgehead atoms. The third-order valence-electron chi connectivity index (χ3n) is 5.23. The number of halogens is 1. The van der Waals surface area contributed by atoms with Gasteiger partial charge in [0.1, 0.15) is 5.76 Å². The molecule has 1 N–H and O–H groups in total. The molecule has 7 nitrogen and oxygen atoms in total. The second-order valence-electron chi connectivity index (χ2n) is 7.60. The van der Waals surface area contributed by atoms with E-state index >= 15 is 0 Å². The van der Waals surface area contributed by atoms with Gasteiger partial charge in [0.2, 0.25) is 0 Å². The molecule has 0 spiro atoms. The predicted octanol–water partition coefficient (Wildman–Crippen LogP) is 2.87. The molecule has 0 amide bonds. The molecular weight excluding hydrogens is 479 g/mol. The lowest BCUT2D eigenvalue weighted by Crippen LogP contribution is -2.52. The summed E-state index contributed by atoms with van der Waals surface area (Å²) >= 11 is 0. The third kappa shape index (κ3) is 6.33. The first-order chi connectivity index (χ1) is 13.5. The zero-order valence-corrected chi connectivity index (χ0v) is 20.4. The Morgan fingerprint density at radius 3 is 2.45 bits per heavy atom. The number of aryl methyl sites for hydroxylation is 2. The van der Waals surface area contributed by atoms with Crippen molar-refractivity contribution < 1.29 is 4.52 Å². The largest absolute Gasteiger partial charge is 0.378 e. The summed E-state index contributed by atoms with van der Waals surface area (Å²) in [5.74, 6) is 1.83. The molecule has 1 aliphatic rings. The molecule has 1 aromatic heterocycles. The molecule has 1 fully saturated rings. The maximum absolute atomic E-state index is 5.17. The lowest BCUT2D eigenvalue weighted by Gasteiger charge is -2.36. The number of piperazine rings is 1. The smallest absolute Gasteiger partial charge is 0.194 e. The Kier molecular flexibility index (Phi) is 8.76. The Morgan fingerprint density at radius 2 is 1.90 bits per heavy atom. The molecule has 1 saturated heterocycles. The van der Waals surface area contributed by atoms with Gasteiger partial charge in [0.05, 0.1) is 5.69 Å². The highest BCUT2D eigenvalue weighted by atomic mass is 127. The van der Waals surface area contributed by atoms with Gasteiger partial charge in [0.15, 0.2) is 5.96 Å². The second-order valence-corrected chi connectivity index (χ2v) is 7.60. The third-order valence-corrected chi connectivity index (χ3v) is 5.23. The van der Waals surface area contributed by atoms with Crippen LogP contribution >= 0.6 is 24.0 Å². The number of nitrogens with zero attached hydrogens (tertiary/aromatic N) is 5. The highest BCUT2D eigenvalue weighted by molar-refractivity contribution is 14.0. The molecule has 0 radical (unpaired) electrons. The van der Waals surface area contributed by atoms with E-state index in [1.165, 1.54) is 16.8 Å². The van der Waals surface area contributed by atoms with Crippen LogP contribution in [0.3, 0.4) is 0 Å². The normalized spacial score (nSPS) is 15.2. The van der Waals surface area contributed by atoms with Gasteiger partial charge in [-0.05, 0) is 37.1 Å². The van der Waals surface area contributed by atoms with Gasteiger partial charge in [0.25, 0.3) is 0 Å². The fourth-order valence-electron chi connectivity index (χ4n) is 3.50. The fraction of sp³-hybridized carbons (Fsp3) is 0.524. The van der Waals surface area contributed by atoms with Crippen LogP contribution in [-0.4, -0.2) is 68.2 Å². The van der Waals surface area contributed by atoms with Gasteiger partial charge in [-0.1, -0.05) is 11.2 Å². The first-order valence-electron chi connectivity index (χ1n) is 9.83. The molecule has 0 aliphatic carbocycles. The van der Waals surface area contributed by atoms with Crippen LogP contribution in [0, 0.1) is 13.8 Å². The number of hydrogen-bond donors (Lipinski definition) is 1. The van der Waals surface area contributed by atoms with Crippen LogP contribution in [0.15, 0.2) is 33.8 Å². The lowest BCUT2D eigenvalue weighted by molar-refractivity contribution is 0.169. The summed E-state index contributed by atoms with van der Waals surface area (Å²) in [4.78, 5) is 11.4. The SMILES string of the molecule is CN=C(NCc1ccc(N(C)C)cc1C)N1CCN(Cc2cc(C)on2)CC1.I. The number of aromatic nitrogens is 1. The monoisotopic (exact) mass is 512 g/mol. The van der Waals surface area contributed by atoms with Crippen molar-refractivity contribution in [2.45, 2.75) is 26.9 Å². The summed E-state index contributed by atoms with van der Waals surface area (Å²) in [5.41, 5.74) is 4.82. The molecular formula is C21H33IN6O. The average molecular weight is 512 g/mol. The van der Waals surface area contributed by atoms with E-state index in [2.05, 4.69) is 69.4 Å². The molecule has 3 rings (SSSR count). The molecule has 0 saturated carbocycles. The van der Waals surface area contributed by atoms with Crippen LogP contribution in [0.4, 0.5) is 5.69 Å². The number of anilines is 1. The van der Waals surface area contributed by atoms with Crippen LogP contribution in [-0.2, 0) is 13.1 Å². The highest BCUT2D eigenvalue weighted by Gasteiger charge is 2.20. The molecule has 0 unspecified atom stereocenters. The van der Waals surface area contributed by atoms with E-state index in [9.17, 15) is 0 Å². The summed E-state index contributed by atoms with van der Waals surface area (Å²) in [7, 11) is 5.99. The number of rotatable bonds is 5. The van der Waals surface area contributed by atoms with Crippen molar-refractivity contribution in [3.05, 3.63) is 46.8 Å². The minimum absolute atomic E-state index is 0. The quantitative estimate of drug-likeness (QED) is 0.378. The Hall–Kier alpha value is -1.81. The molecule has 1 aromatic carbocycles. The Morgan fingerprint density at radius 1 is 1.17 bits per heavy atom. The lowest BCUT2D eigenvalue weighted by atomic mass is 10.1. The van der Waals surface area contributed by atoms with Crippen molar-refractivity contribution in [3.8, 4) is 0 Å². The number of benzene rings is 1. The molecule has 160 valence electrons. The number of hydrogen-bond acceptors (Lipinski definition) is 5. The first-order valence-corrected chi connectivity index (χ1v) is 9.83. The molecule has 1 aliphatic heterocycles. The van der Waals surface area contributed by atoms with Gasteiger partial charge < -0.3 is 19.6 Å². The van der Waals surface area contributed by atoms with Crippen molar-refractivity contribution in [2.75, 3.05) is 52.2 Å². The van der Waals surface area contributed by atoms with Crippen LogP contribution < -0.4 is 10.2 Å². The van der Waals surface area contributed by atoms with Crippen molar-refractivity contribution in [2.24, 2.45) is 4.99 Å². The number of aliphatic imine (C=N–C) groups is 1. The maximum Gasteiger partial charge on any atom is 0.194 e. The van der Waals surface area contributed by atoms with Gasteiger partial charge in [-0.3, -0.25) is 9.89 Å². The van der Waals surface area contributed by atoms with E-state index in [4.69, 9.17) is 4.52 Å². The molecule has 2 heterocycles. The molecule has 29 heavy (non-hydrogen) atoms. The molecule has 2 aromatic rings. The van der Waals surface area contributed by atoms with E-state index in [0.29, 0.717) is 0 Å². The minimum Gasteiger partial charge on any atom is -0.378 e. The highest BCUT2D eigenvalue weighted by Crippen LogP contribution is 2.17. The Bertz CT molecular complexity index is 811. The van der Waals surface area contributed by atoms with Gasteiger partial charge in [-0.15, -0.1) is 24.0 Å². The zero-order valence-electron chi connectivity index (χ0n) is 18.1. The van der Waals surface area contributed by atoms with E-state index in [1.807, 2.05) is 20.0 Å². The second kappa shape index (κ2) is 10.8. The van der Waals surface area contributed by atoms with Gasteiger partial charge in [0, 0.05) is 72.2 Å². The van der Waals surface area contributed by atoms with Crippen LogP contribution in [0.2, 0.25) is 0 Å². The summed E-state index contributed by atoms with van der Waals surface area (Å²) in [6.45, 7) is 9.60. The van der Waals surface area contributed by atoms with E-state index in [1.54, 1.807) is 0 Å². The molecule has 0 atom stereocenters. The van der Waals surface area contributed by atoms with Crippen molar-refractivity contribution >= 4 is 35.6 Å². The Labute approximate surface area is 191 Å².